The molecule has 1 aliphatic rings. The highest BCUT2D eigenvalue weighted by Gasteiger charge is 2.37. The smallest absolute Gasteiger partial charge is 0.335 e. The Balaban J connectivity index is 2.03. The van der Waals surface area contributed by atoms with E-state index >= 15 is 0 Å². The van der Waals surface area contributed by atoms with E-state index in [9.17, 15) is 14.4 Å². The average Bonchev–Trinajstić information content (AvgIpc) is 2.73. The van der Waals surface area contributed by atoms with E-state index in [0.29, 0.717) is 27.2 Å². The van der Waals surface area contributed by atoms with Crippen molar-refractivity contribution in [1.82, 2.24) is 5.32 Å². The summed E-state index contributed by atoms with van der Waals surface area (Å²) in [5, 5.41) is 2.60. The van der Waals surface area contributed by atoms with Crippen LogP contribution in [0, 0.1) is 3.57 Å². The van der Waals surface area contributed by atoms with Gasteiger partial charge in [0.1, 0.15) is 12.2 Å². The van der Waals surface area contributed by atoms with Crippen LogP contribution < -0.4 is 19.7 Å². The second-order valence-corrected chi connectivity index (χ2v) is 8.40. The third kappa shape index (κ3) is 5.08. The highest BCUT2D eigenvalue weighted by atomic mass is 127. The fourth-order valence-corrected chi connectivity index (χ4v) is 3.97. The molecule has 32 heavy (non-hydrogen) atoms. The highest BCUT2D eigenvalue weighted by Crippen LogP contribution is 2.35. The number of anilines is 1. The van der Waals surface area contributed by atoms with Crippen LogP contribution in [0.5, 0.6) is 11.5 Å². The summed E-state index contributed by atoms with van der Waals surface area (Å²) in [4.78, 5) is 38.7. The van der Waals surface area contributed by atoms with Crippen molar-refractivity contribution >= 4 is 75.4 Å². The number of urea groups is 1. The molecule has 2 aromatic carbocycles. The predicted molar refractivity (Wildman–Crippen MR) is 131 cm³/mol. The normalized spacial score (nSPS) is 15.1. The molecule has 0 unspecified atom stereocenters. The van der Waals surface area contributed by atoms with Crippen molar-refractivity contribution in [1.29, 1.82) is 0 Å². The molecule has 0 atom stereocenters. The number of hydrogen-bond acceptors (Lipinski definition) is 5. The van der Waals surface area contributed by atoms with Gasteiger partial charge >= 0.3 is 6.03 Å². The first-order valence-electron chi connectivity index (χ1n) is 9.33. The van der Waals surface area contributed by atoms with Gasteiger partial charge in [-0.15, -0.1) is 0 Å². The fraction of sp³-hybridized carbons (Fsp3) is 0.136. The maximum atomic E-state index is 13.1. The largest absolute Gasteiger partial charge is 0.490 e. The van der Waals surface area contributed by atoms with Gasteiger partial charge < -0.3 is 9.47 Å². The van der Waals surface area contributed by atoms with Gasteiger partial charge in [0.05, 0.1) is 25.9 Å². The van der Waals surface area contributed by atoms with E-state index in [1.807, 2.05) is 6.92 Å². The number of halogens is 3. The summed E-state index contributed by atoms with van der Waals surface area (Å²) in [5.41, 5.74) is 0.470. The van der Waals surface area contributed by atoms with Gasteiger partial charge in [-0.3, -0.25) is 14.9 Å². The number of imide groups is 2. The molecule has 0 aliphatic carbocycles. The van der Waals surface area contributed by atoms with Crippen LogP contribution in [0.1, 0.15) is 12.5 Å². The first-order chi connectivity index (χ1) is 15.3. The Labute approximate surface area is 208 Å². The number of benzene rings is 2. The maximum absolute atomic E-state index is 13.1. The molecule has 0 saturated carbocycles. The average molecular weight is 587 g/mol. The first kappa shape index (κ1) is 24.1. The van der Waals surface area contributed by atoms with Crippen molar-refractivity contribution in [2.24, 2.45) is 0 Å². The van der Waals surface area contributed by atoms with Crippen molar-refractivity contribution in [3.63, 3.8) is 0 Å². The van der Waals surface area contributed by atoms with Gasteiger partial charge in [-0.2, -0.15) is 0 Å². The van der Waals surface area contributed by atoms with Crippen molar-refractivity contribution in [3.8, 4) is 11.5 Å². The van der Waals surface area contributed by atoms with E-state index in [-0.39, 0.29) is 27.9 Å². The van der Waals surface area contributed by atoms with Crippen LogP contribution in [0.4, 0.5) is 10.5 Å². The van der Waals surface area contributed by atoms with Gasteiger partial charge in [-0.05, 0) is 71.5 Å². The lowest BCUT2D eigenvalue weighted by atomic mass is 10.1. The Kier molecular flexibility index (Phi) is 7.81. The fourth-order valence-electron chi connectivity index (χ4n) is 2.90. The maximum Gasteiger partial charge on any atom is 0.335 e. The van der Waals surface area contributed by atoms with Crippen molar-refractivity contribution < 1.29 is 23.9 Å². The zero-order chi connectivity index (χ0) is 23.4. The van der Waals surface area contributed by atoms with E-state index < -0.39 is 17.8 Å². The molecule has 7 nitrogen and oxygen atoms in total. The quantitative estimate of drug-likeness (QED) is 0.208. The summed E-state index contributed by atoms with van der Waals surface area (Å²) in [7, 11) is 0. The van der Waals surface area contributed by atoms with Crippen molar-refractivity contribution in [3.05, 3.63) is 67.7 Å². The topological polar surface area (TPSA) is 84.9 Å². The summed E-state index contributed by atoms with van der Waals surface area (Å²) < 4.78 is 12.0. The molecule has 0 aromatic heterocycles. The molecule has 0 bridgehead atoms. The van der Waals surface area contributed by atoms with Gasteiger partial charge in [-0.25, -0.2) is 9.69 Å². The number of barbiturate groups is 1. The third-order valence-electron chi connectivity index (χ3n) is 4.25. The molecule has 1 fully saturated rings. The molecule has 0 spiro atoms. The number of amides is 4. The number of hydrogen-bond donors (Lipinski definition) is 1. The number of carbonyl (C=O) groups is 3. The van der Waals surface area contributed by atoms with Crippen LogP contribution in [0.25, 0.3) is 6.08 Å². The molecule has 1 aliphatic heterocycles. The molecule has 10 heteroatoms. The second kappa shape index (κ2) is 10.4. The molecule has 4 amide bonds. The monoisotopic (exact) mass is 586 g/mol. The van der Waals surface area contributed by atoms with Crippen LogP contribution >= 0.6 is 45.8 Å². The van der Waals surface area contributed by atoms with Gasteiger partial charge in [0.2, 0.25) is 0 Å². The molecule has 2 aromatic rings. The zero-order valence-corrected chi connectivity index (χ0v) is 20.5. The minimum atomic E-state index is -0.881. The number of nitrogens with one attached hydrogen (secondary N) is 1. The lowest BCUT2D eigenvalue weighted by Crippen LogP contribution is -2.54. The van der Waals surface area contributed by atoms with E-state index in [1.54, 1.807) is 18.2 Å². The lowest BCUT2D eigenvalue weighted by Gasteiger charge is -2.26. The minimum Gasteiger partial charge on any atom is -0.490 e. The number of nitrogens with zero attached hydrogens (tertiary/aromatic N) is 1. The molecule has 1 N–H and O–H groups in total. The number of rotatable bonds is 7. The van der Waals surface area contributed by atoms with E-state index in [1.165, 1.54) is 24.3 Å². The summed E-state index contributed by atoms with van der Waals surface area (Å²) >= 11 is 14.0. The van der Waals surface area contributed by atoms with Crippen molar-refractivity contribution in [2.75, 3.05) is 18.1 Å². The lowest BCUT2D eigenvalue weighted by molar-refractivity contribution is -0.122. The Morgan fingerprint density at radius 1 is 1.12 bits per heavy atom. The van der Waals surface area contributed by atoms with Crippen LogP contribution in [0.3, 0.4) is 0 Å². The zero-order valence-electron chi connectivity index (χ0n) is 16.8. The summed E-state index contributed by atoms with van der Waals surface area (Å²) in [6.45, 7) is 6.14. The van der Waals surface area contributed by atoms with Crippen LogP contribution in [0.2, 0.25) is 10.0 Å². The molecule has 0 radical (unpaired) electrons. The van der Waals surface area contributed by atoms with Crippen LogP contribution in [-0.2, 0) is 9.59 Å². The SMILES string of the molecule is C=CCOc1c(I)cc(/C=C2\C(=O)NC(=O)N(c3ccc(Cl)c(Cl)c3)C2=O)cc1OCC. The Morgan fingerprint density at radius 3 is 2.53 bits per heavy atom. The van der Waals surface area contributed by atoms with Crippen LogP contribution in [-0.4, -0.2) is 31.1 Å². The molecule has 1 saturated heterocycles. The second-order valence-electron chi connectivity index (χ2n) is 6.42. The number of carbonyl (C=O) groups excluding carboxylic acids is 3. The molecule has 3 rings (SSSR count). The standard InChI is InChI=1S/C22H17Cl2IN2O5/c1-3-7-32-19-17(25)9-12(10-18(19)31-4-2)8-14-20(28)26-22(30)27(21(14)29)13-5-6-15(23)16(24)11-13/h3,5-6,8-11H,1,4,7H2,2H3,(H,26,28,30)/b14-8+. The Bertz CT molecular complexity index is 1150. The summed E-state index contributed by atoms with van der Waals surface area (Å²) in [6.07, 6.45) is 3.00. The van der Waals surface area contributed by atoms with Gasteiger partial charge in [0.15, 0.2) is 11.5 Å². The predicted octanol–water partition coefficient (Wildman–Crippen LogP) is 5.23. The van der Waals surface area contributed by atoms with Gasteiger partial charge in [0, 0.05) is 0 Å². The third-order valence-corrected chi connectivity index (χ3v) is 5.79. The van der Waals surface area contributed by atoms with Crippen LogP contribution in [0.15, 0.2) is 48.6 Å². The van der Waals surface area contributed by atoms with Gasteiger partial charge in [-0.1, -0.05) is 35.9 Å². The summed E-state index contributed by atoms with van der Waals surface area (Å²) in [5.74, 6) is -0.621. The van der Waals surface area contributed by atoms with Crippen molar-refractivity contribution in [2.45, 2.75) is 6.92 Å². The Morgan fingerprint density at radius 2 is 1.88 bits per heavy atom. The van der Waals surface area contributed by atoms with E-state index in [4.69, 9.17) is 32.7 Å². The molecular weight excluding hydrogens is 570 g/mol. The summed E-state index contributed by atoms with van der Waals surface area (Å²) in [6, 6.07) is 6.79. The van der Waals surface area contributed by atoms with E-state index in [2.05, 4.69) is 34.5 Å². The molecular formula is C22H17Cl2IN2O5. The molecule has 1 heterocycles. The van der Waals surface area contributed by atoms with Gasteiger partial charge in [0.25, 0.3) is 11.8 Å². The first-order valence-corrected chi connectivity index (χ1v) is 11.2. The molecule has 166 valence electrons. The minimum absolute atomic E-state index is 0.165. The highest BCUT2D eigenvalue weighted by molar-refractivity contribution is 14.1. The van der Waals surface area contributed by atoms with E-state index in [0.717, 1.165) is 4.90 Å². The number of ether oxygens (including phenoxy) is 2. The Hall–Kier alpha value is -2.56.